The first-order chi connectivity index (χ1) is 17.3. The van der Waals surface area contributed by atoms with Gasteiger partial charge in [-0.2, -0.15) is 0 Å². The zero-order chi connectivity index (χ0) is 25.8. The summed E-state index contributed by atoms with van der Waals surface area (Å²) in [6, 6.07) is 7.78. The molecule has 3 unspecified atom stereocenters. The van der Waals surface area contributed by atoms with Gasteiger partial charge < -0.3 is 20.4 Å². The average Bonchev–Trinajstić information content (AvgIpc) is 2.85. The fraction of sp³-hybridized carbons (Fsp3) is 0.667. The van der Waals surface area contributed by atoms with Gasteiger partial charge in [0.25, 0.3) is 0 Å². The molecule has 3 aliphatic heterocycles. The Morgan fingerprint density at radius 3 is 2.39 bits per heavy atom. The largest absolute Gasteiger partial charge is 0.371 e. The van der Waals surface area contributed by atoms with Crippen LogP contribution in [0.25, 0.3) is 0 Å². The summed E-state index contributed by atoms with van der Waals surface area (Å²) in [7, 11) is 3.08. The third kappa shape index (κ3) is 6.47. The third-order valence-electron chi connectivity index (χ3n) is 8.48. The Labute approximate surface area is 222 Å². The molecule has 0 aromatic heterocycles. The first-order valence-corrected chi connectivity index (χ1v) is 15.3. The predicted octanol–water partition coefficient (Wildman–Crippen LogP) is 5.84. The van der Waals surface area contributed by atoms with E-state index in [0.29, 0.717) is 11.6 Å². The van der Waals surface area contributed by atoms with Crippen LogP contribution in [-0.4, -0.2) is 74.0 Å². The molecule has 0 saturated carbocycles. The van der Waals surface area contributed by atoms with E-state index in [1.165, 1.54) is 80.1 Å². The van der Waals surface area contributed by atoms with Crippen molar-refractivity contribution in [3.63, 3.8) is 0 Å². The third-order valence-corrected chi connectivity index (χ3v) is 10.3. The van der Waals surface area contributed by atoms with E-state index >= 15 is 0 Å². The summed E-state index contributed by atoms with van der Waals surface area (Å²) in [5, 5.41) is 9.21. The number of aryl methyl sites for hydroxylation is 1. The zero-order valence-electron chi connectivity index (χ0n) is 23.8. The zero-order valence-corrected chi connectivity index (χ0v) is 24.8. The smallest absolute Gasteiger partial charge is 0.107 e. The Kier molecular flexibility index (Phi) is 9.41. The molecule has 3 heterocycles. The summed E-state index contributed by atoms with van der Waals surface area (Å²) >= 11 is 0. The number of hydrogen-bond donors (Lipinski definition) is 2. The molecule has 1 aromatic carbocycles. The van der Waals surface area contributed by atoms with Crippen molar-refractivity contribution in [2.45, 2.75) is 78.7 Å². The second-order valence-corrected chi connectivity index (χ2v) is 13.1. The number of allylic oxidation sites excluding steroid dienone is 3. The highest BCUT2D eigenvalue weighted by atomic mass is 31.1. The van der Waals surface area contributed by atoms with Crippen LogP contribution in [0.15, 0.2) is 40.9 Å². The highest BCUT2D eigenvalue weighted by Gasteiger charge is 2.31. The molecule has 0 spiro atoms. The molecular weight excluding hydrogens is 461 g/mol. The van der Waals surface area contributed by atoms with Gasteiger partial charge in [-0.05, 0) is 82.1 Å². The number of nitrogens with zero attached hydrogens (tertiary/aromatic N) is 3. The lowest BCUT2D eigenvalue weighted by molar-refractivity contribution is 0.0982. The first-order valence-electron chi connectivity index (χ1n) is 14.2. The molecular formula is C30H50N5P. The van der Waals surface area contributed by atoms with Crippen molar-refractivity contribution in [3.05, 3.63) is 46.4 Å². The van der Waals surface area contributed by atoms with Crippen molar-refractivity contribution in [2.24, 2.45) is 5.92 Å². The molecule has 6 heteroatoms. The molecule has 0 amide bonds. The van der Waals surface area contributed by atoms with E-state index in [2.05, 4.69) is 98.2 Å². The highest BCUT2D eigenvalue weighted by Crippen LogP contribution is 2.43. The minimum Gasteiger partial charge on any atom is -0.371 e. The quantitative estimate of drug-likeness (QED) is 0.355. The molecule has 2 N–H and O–H groups in total. The summed E-state index contributed by atoms with van der Waals surface area (Å²) in [4.78, 5) is 7.81. The summed E-state index contributed by atoms with van der Waals surface area (Å²) < 4.78 is 0. The molecule has 36 heavy (non-hydrogen) atoms. The van der Waals surface area contributed by atoms with Gasteiger partial charge >= 0.3 is 0 Å². The number of anilines is 2. The van der Waals surface area contributed by atoms with Crippen LogP contribution in [0.1, 0.15) is 59.4 Å². The summed E-state index contributed by atoms with van der Waals surface area (Å²) in [5.74, 6) is 0.567. The number of likely N-dealkylation sites (N-methyl/N-ethyl adjacent to an activating group) is 1. The van der Waals surface area contributed by atoms with Gasteiger partial charge in [0.2, 0.25) is 0 Å². The van der Waals surface area contributed by atoms with Gasteiger partial charge in [0.05, 0.1) is 0 Å². The topological polar surface area (TPSA) is 33.8 Å². The van der Waals surface area contributed by atoms with Gasteiger partial charge in [-0.1, -0.05) is 41.0 Å². The van der Waals surface area contributed by atoms with E-state index in [9.17, 15) is 0 Å². The van der Waals surface area contributed by atoms with Crippen LogP contribution in [0.5, 0.6) is 0 Å². The normalized spacial score (nSPS) is 26.1. The SMILES string of the molecule is CC/C=C(\C(C)C)C1PC(C)=C(C)NC1Nc1ccc(N2CCC(N3CCN(C)CC3)CC2)c(C)c1. The average molecular weight is 512 g/mol. The number of benzene rings is 1. The summed E-state index contributed by atoms with van der Waals surface area (Å²) in [6.45, 7) is 21.0. The van der Waals surface area contributed by atoms with Gasteiger partial charge in [-0.15, -0.1) is 0 Å². The Hall–Kier alpha value is -1.55. The van der Waals surface area contributed by atoms with Crippen LogP contribution in [0.2, 0.25) is 0 Å². The second-order valence-electron chi connectivity index (χ2n) is 11.5. The molecule has 0 bridgehead atoms. The molecule has 200 valence electrons. The fourth-order valence-electron chi connectivity index (χ4n) is 6.14. The second kappa shape index (κ2) is 12.3. The van der Waals surface area contributed by atoms with E-state index < -0.39 is 0 Å². The van der Waals surface area contributed by atoms with Gasteiger partial charge in [0, 0.05) is 68.0 Å². The number of piperazine rings is 1. The standard InChI is InChI=1S/C30H50N5P/c1-8-9-27(21(2)3)29-30(31-23(5)24(6)36-29)32-25-10-11-28(22(4)20-25)35-14-12-26(13-15-35)34-18-16-33(7)17-19-34/h9-11,20-21,26,29-32,36H,8,12-19H2,1-7H3/b27-9+. The highest BCUT2D eigenvalue weighted by molar-refractivity contribution is 7.44. The molecule has 3 aliphatic rings. The van der Waals surface area contributed by atoms with Crippen LogP contribution in [-0.2, 0) is 0 Å². The molecule has 1 aromatic rings. The van der Waals surface area contributed by atoms with Gasteiger partial charge in [-0.25, -0.2) is 0 Å². The Morgan fingerprint density at radius 2 is 1.78 bits per heavy atom. The van der Waals surface area contributed by atoms with Crippen LogP contribution >= 0.6 is 8.58 Å². The monoisotopic (exact) mass is 511 g/mol. The van der Waals surface area contributed by atoms with Gasteiger partial charge in [0.15, 0.2) is 0 Å². The number of hydrogen-bond acceptors (Lipinski definition) is 5. The first kappa shape index (κ1) is 27.5. The predicted molar refractivity (Wildman–Crippen MR) is 160 cm³/mol. The van der Waals surface area contributed by atoms with E-state index in [4.69, 9.17) is 0 Å². The minimum absolute atomic E-state index is 0.233. The molecule has 2 saturated heterocycles. The van der Waals surface area contributed by atoms with Gasteiger partial charge in [-0.3, -0.25) is 4.90 Å². The maximum absolute atomic E-state index is 3.89. The Balaban J connectivity index is 1.42. The van der Waals surface area contributed by atoms with E-state index in [1.807, 2.05) is 0 Å². The molecule has 0 aliphatic carbocycles. The van der Waals surface area contributed by atoms with E-state index in [1.54, 1.807) is 5.57 Å². The number of piperidine rings is 1. The molecule has 3 atom stereocenters. The van der Waals surface area contributed by atoms with E-state index in [-0.39, 0.29) is 6.17 Å². The van der Waals surface area contributed by atoms with Crippen LogP contribution in [0, 0.1) is 12.8 Å². The van der Waals surface area contributed by atoms with E-state index in [0.717, 1.165) is 21.0 Å². The number of rotatable bonds is 7. The van der Waals surface area contributed by atoms with Crippen LogP contribution < -0.4 is 15.5 Å². The lowest BCUT2D eigenvalue weighted by atomic mass is 9.96. The van der Waals surface area contributed by atoms with Gasteiger partial charge in [0.1, 0.15) is 6.17 Å². The Morgan fingerprint density at radius 1 is 1.08 bits per heavy atom. The van der Waals surface area contributed by atoms with Crippen molar-refractivity contribution in [3.8, 4) is 0 Å². The molecule has 2 fully saturated rings. The minimum atomic E-state index is 0.233. The number of nitrogens with one attached hydrogen (secondary N) is 2. The van der Waals surface area contributed by atoms with Crippen LogP contribution in [0.3, 0.4) is 0 Å². The fourth-order valence-corrected chi connectivity index (χ4v) is 7.85. The molecule has 0 radical (unpaired) electrons. The van der Waals surface area contributed by atoms with Crippen molar-refractivity contribution < 1.29 is 0 Å². The van der Waals surface area contributed by atoms with Crippen molar-refractivity contribution >= 4 is 20.0 Å². The lowest BCUT2D eigenvalue weighted by Crippen LogP contribution is -2.52. The van der Waals surface area contributed by atoms with Crippen molar-refractivity contribution in [2.75, 3.05) is 56.5 Å². The van der Waals surface area contributed by atoms with Crippen LogP contribution in [0.4, 0.5) is 11.4 Å². The molecule has 5 nitrogen and oxygen atoms in total. The maximum Gasteiger partial charge on any atom is 0.107 e. The van der Waals surface area contributed by atoms with Crippen molar-refractivity contribution in [1.29, 1.82) is 0 Å². The summed E-state index contributed by atoms with van der Waals surface area (Å²) in [6.07, 6.45) is 6.36. The summed E-state index contributed by atoms with van der Waals surface area (Å²) in [5.41, 5.74) is 7.44. The van der Waals surface area contributed by atoms with Crippen molar-refractivity contribution in [1.82, 2.24) is 15.1 Å². The maximum atomic E-state index is 3.89. The Bertz CT molecular complexity index is 939. The lowest BCUT2D eigenvalue weighted by Gasteiger charge is -2.43. The molecule has 4 rings (SSSR count).